The molecule has 0 aliphatic heterocycles. The van der Waals surface area contributed by atoms with E-state index in [4.69, 9.17) is 15.0 Å². The maximum absolute atomic E-state index is 5.62. The molecule has 3 aromatic rings. The molecule has 21 heavy (non-hydrogen) atoms. The predicted molar refractivity (Wildman–Crippen MR) is 76.0 cm³/mol. The van der Waals surface area contributed by atoms with Gasteiger partial charge in [0, 0.05) is 5.56 Å². The van der Waals surface area contributed by atoms with Crippen LogP contribution in [0.5, 0.6) is 5.75 Å². The predicted octanol–water partition coefficient (Wildman–Crippen LogP) is 1.34. The summed E-state index contributed by atoms with van der Waals surface area (Å²) in [5, 5.41) is 16.2. The third-order valence-electron chi connectivity index (χ3n) is 2.67. The Labute approximate surface area is 124 Å². The molecule has 0 amide bonds. The Hall–Kier alpha value is -2.55. The first-order valence-electron chi connectivity index (χ1n) is 6.01. The number of rotatable bonds is 5. The van der Waals surface area contributed by atoms with E-state index in [1.807, 2.05) is 24.3 Å². The van der Waals surface area contributed by atoms with Gasteiger partial charge in [0.05, 0.1) is 12.9 Å². The Balaban J connectivity index is 1.69. The van der Waals surface area contributed by atoms with Gasteiger partial charge in [0.2, 0.25) is 16.9 Å². The van der Waals surface area contributed by atoms with Crippen LogP contribution in [0.1, 0.15) is 5.89 Å². The maximum atomic E-state index is 5.62. The van der Waals surface area contributed by atoms with Gasteiger partial charge in [-0.3, -0.25) is 0 Å². The van der Waals surface area contributed by atoms with Crippen LogP contribution in [0.4, 0.5) is 0 Å². The molecule has 0 spiro atoms. The van der Waals surface area contributed by atoms with Crippen molar-refractivity contribution in [3.8, 4) is 17.2 Å². The Morgan fingerprint density at radius 3 is 2.71 bits per heavy atom. The fourth-order valence-electron chi connectivity index (χ4n) is 1.62. The van der Waals surface area contributed by atoms with Crippen LogP contribution in [0, 0.1) is 0 Å². The minimum absolute atomic E-state index is 0.461. The van der Waals surface area contributed by atoms with E-state index >= 15 is 0 Å². The molecule has 0 aliphatic rings. The molecule has 0 saturated heterocycles. The minimum atomic E-state index is 0.461. The van der Waals surface area contributed by atoms with Gasteiger partial charge in [-0.25, -0.2) is 4.68 Å². The first-order valence-corrected chi connectivity index (χ1v) is 6.99. The van der Waals surface area contributed by atoms with E-state index in [0.717, 1.165) is 11.3 Å². The number of hydrogen-bond acceptors (Lipinski definition) is 8. The SMILES string of the molecule is COc1ccc(-c2nnc(CSc3nncn3N)o2)cc1. The van der Waals surface area contributed by atoms with Gasteiger partial charge in [-0.2, -0.15) is 0 Å². The summed E-state index contributed by atoms with van der Waals surface area (Å²) < 4.78 is 12.0. The molecule has 9 heteroatoms. The zero-order valence-electron chi connectivity index (χ0n) is 11.1. The van der Waals surface area contributed by atoms with Crippen molar-refractivity contribution >= 4 is 11.8 Å². The molecular formula is C12H12N6O2S. The van der Waals surface area contributed by atoms with Gasteiger partial charge in [0.1, 0.15) is 12.1 Å². The van der Waals surface area contributed by atoms with Gasteiger partial charge in [0.25, 0.3) is 0 Å². The van der Waals surface area contributed by atoms with Crippen molar-refractivity contribution in [1.29, 1.82) is 0 Å². The number of hydrogen-bond donors (Lipinski definition) is 1. The van der Waals surface area contributed by atoms with Crippen LogP contribution in [0.3, 0.4) is 0 Å². The average molecular weight is 304 g/mol. The van der Waals surface area contributed by atoms with Crippen molar-refractivity contribution in [3.05, 3.63) is 36.5 Å². The summed E-state index contributed by atoms with van der Waals surface area (Å²) in [4.78, 5) is 0. The second-order valence-corrected chi connectivity index (χ2v) is 4.98. The Kier molecular flexibility index (Phi) is 3.73. The summed E-state index contributed by atoms with van der Waals surface area (Å²) in [6, 6.07) is 7.40. The van der Waals surface area contributed by atoms with Crippen molar-refractivity contribution in [2.45, 2.75) is 10.9 Å². The van der Waals surface area contributed by atoms with E-state index in [9.17, 15) is 0 Å². The van der Waals surface area contributed by atoms with E-state index in [1.54, 1.807) is 7.11 Å². The molecule has 8 nitrogen and oxygen atoms in total. The van der Waals surface area contributed by atoms with Gasteiger partial charge >= 0.3 is 0 Å². The van der Waals surface area contributed by atoms with Crippen LogP contribution in [0.25, 0.3) is 11.5 Å². The van der Waals surface area contributed by atoms with E-state index in [1.165, 1.54) is 22.8 Å². The lowest BCUT2D eigenvalue weighted by molar-refractivity contribution is 0.415. The minimum Gasteiger partial charge on any atom is -0.497 e. The highest BCUT2D eigenvalue weighted by molar-refractivity contribution is 7.98. The second kappa shape index (κ2) is 5.83. The monoisotopic (exact) mass is 304 g/mol. The Bertz CT molecular complexity index is 723. The van der Waals surface area contributed by atoms with E-state index < -0.39 is 0 Å². The normalized spacial score (nSPS) is 10.7. The largest absolute Gasteiger partial charge is 0.497 e. The number of nitrogens with zero attached hydrogens (tertiary/aromatic N) is 5. The molecule has 0 bridgehead atoms. The van der Waals surface area contributed by atoms with Gasteiger partial charge < -0.3 is 15.0 Å². The molecule has 2 heterocycles. The summed E-state index contributed by atoms with van der Waals surface area (Å²) in [7, 11) is 1.62. The topological polar surface area (TPSA) is 105 Å². The van der Waals surface area contributed by atoms with Crippen molar-refractivity contribution in [2.75, 3.05) is 13.0 Å². The fraction of sp³-hybridized carbons (Fsp3) is 0.167. The van der Waals surface area contributed by atoms with E-state index in [-0.39, 0.29) is 0 Å². The zero-order chi connectivity index (χ0) is 14.7. The molecule has 0 radical (unpaired) electrons. The summed E-state index contributed by atoms with van der Waals surface area (Å²) in [5.41, 5.74) is 0.835. The highest BCUT2D eigenvalue weighted by Crippen LogP contribution is 2.24. The standard InChI is InChI=1S/C12H12N6O2S/c1-19-9-4-2-8(3-5-9)11-16-15-10(20-11)6-21-12-17-14-7-18(12)13/h2-5,7H,6,13H2,1H3. The first kappa shape index (κ1) is 13.4. The quantitative estimate of drug-likeness (QED) is 0.556. The molecule has 0 aliphatic carbocycles. The van der Waals surface area contributed by atoms with Crippen LogP contribution >= 0.6 is 11.8 Å². The third-order valence-corrected chi connectivity index (χ3v) is 3.61. The molecule has 1 aromatic carbocycles. The molecule has 0 saturated carbocycles. The molecule has 2 N–H and O–H groups in total. The molecule has 0 atom stereocenters. The number of benzene rings is 1. The highest BCUT2D eigenvalue weighted by Gasteiger charge is 2.11. The summed E-state index contributed by atoms with van der Waals surface area (Å²) in [5.74, 6) is 7.82. The fourth-order valence-corrected chi connectivity index (χ4v) is 2.29. The smallest absolute Gasteiger partial charge is 0.247 e. The van der Waals surface area contributed by atoms with Crippen molar-refractivity contribution in [2.24, 2.45) is 0 Å². The number of thioether (sulfide) groups is 1. The van der Waals surface area contributed by atoms with Crippen LogP contribution in [-0.2, 0) is 5.75 Å². The summed E-state index contributed by atoms with van der Waals surface area (Å²) >= 11 is 1.37. The lowest BCUT2D eigenvalue weighted by Gasteiger charge is -1.99. The number of nitrogens with two attached hydrogens (primary N) is 1. The lowest BCUT2D eigenvalue weighted by Crippen LogP contribution is -2.07. The van der Waals surface area contributed by atoms with Gasteiger partial charge in [-0.15, -0.1) is 20.4 Å². The van der Waals surface area contributed by atoms with Gasteiger partial charge in [-0.05, 0) is 24.3 Å². The number of ether oxygens (including phenoxy) is 1. The number of aromatic nitrogens is 5. The molecule has 108 valence electrons. The first-order chi connectivity index (χ1) is 10.3. The Morgan fingerprint density at radius 2 is 2.05 bits per heavy atom. The third kappa shape index (κ3) is 2.97. The van der Waals surface area contributed by atoms with Crippen molar-refractivity contribution < 1.29 is 9.15 Å². The van der Waals surface area contributed by atoms with Crippen LogP contribution in [0.15, 0.2) is 40.2 Å². The number of methoxy groups -OCH3 is 1. The van der Waals surface area contributed by atoms with Gasteiger partial charge in [0.15, 0.2) is 0 Å². The van der Waals surface area contributed by atoms with Crippen LogP contribution < -0.4 is 10.6 Å². The molecular weight excluding hydrogens is 292 g/mol. The van der Waals surface area contributed by atoms with E-state index in [2.05, 4.69) is 20.4 Å². The number of nitrogen functional groups attached to an aromatic ring is 1. The maximum Gasteiger partial charge on any atom is 0.247 e. The highest BCUT2D eigenvalue weighted by atomic mass is 32.2. The van der Waals surface area contributed by atoms with Crippen LogP contribution in [-0.4, -0.2) is 32.2 Å². The molecule has 0 unspecified atom stereocenters. The van der Waals surface area contributed by atoms with Crippen LogP contribution in [0.2, 0.25) is 0 Å². The summed E-state index contributed by atoms with van der Waals surface area (Å²) in [6.07, 6.45) is 1.43. The second-order valence-electron chi connectivity index (χ2n) is 4.04. The average Bonchev–Trinajstić information content (AvgIpc) is 3.14. The molecule has 2 aromatic heterocycles. The zero-order valence-corrected chi connectivity index (χ0v) is 11.9. The summed E-state index contributed by atoms with van der Waals surface area (Å²) in [6.45, 7) is 0. The van der Waals surface area contributed by atoms with Crippen molar-refractivity contribution in [1.82, 2.24) is 25.1 Å². The molecule has 3 rings (SSSR count). The van der Waals surface area contributed by atoms with E-state index in [0.29, 0.717) is 22.7 Å². The lowest BCUT2D eigenvalue weighted by atomic mass is 10.2. The Morgan fingerprint density at radius 1 is 1.24 bits per heavy atom. The van der Waals surface area contributed by atoms with Crippen molar-refractivity contribution in [3.63, 3.8) is 0 Å². The molecule has 0 fully saturated rings. The van der Waals surface area contributed by atoms with Gasteiger partial charge in [-0.1, -0.05) is 11.8 Å².